The van der Waals surface area contributed by atoms with Crippen molar-refractivity contribution in [2.45, 2.75) is 79.9 Å². The number of hydrogen-bond acceptors (Lipinski definition) is 11. The standard InChI is InChI=1S/C28H43NO10/c1-8-9-19(6)25(30)34-16-20(7)37-26(31)22(29)12-21-10-11-23(38-27(32)35-14-17(2)3)24(13-21)39-28(33)36-15-18(4)5/h10-11,13,17-20,22H,8-9,12,14-16,29H2,1-7H3/t19?,20-,22-/m0/s1. The van der Waals surface area contributed by atoms with Crippen molar-refractivity contribution in [3.8, 4) is 11.5 Å². The molecule has 0 radical (unpaired) electrons. The number of carbonyl (C=O) groups excluding carboxylic acids is 4. The minimum absolute atomic E-state index is 0.0222. The molecule has 0 bridgehead atoms. The summed E-state index contributed by atoms with van der Waals surface area (Å²) in [6, 6.07) is 3.31. The van der Waals surface area contributed by atoms with E-state index in [2.05, 4.69) is 0 Å². The third kappa shape index (κ3) is 13.9. The molecule has 1 unspecified atom stereocenters. The van der Waals surface area contributed by atoms with Crippen molar-refractivity contribution >= 4 is 24.2 Å². The maximum atomic E-state index is 12.5. The molecule has 1 aromatic rings. The number of hydrogen-bond donors (Lipinski definition) is 1. The van der Waals surface area contributed by atoms with E-state index in [1.54, 1.807) is 19.9 Å². The van der Waals surface area contributed by atoms with Crippen molar-refractivity contribution in [3.05, 3.63) is 23.8 Å². The van der Waals surface area contributed by atoms with Crippen molar-refractivity contribution in [2.75, 3.05) is 19.8 Å². The molecule has 0 spiro atoms. The Hall–Kier alpha value is -3.34. The van der Waals surface area contributed by atoms with Crippen LogP contribution in [0, 0.1) is 17.8 Å². The third-order valence-corrected chi connectivity index (χ3v) is 5.12. The van der Waals surface area contributed by atoms with Crippen molar-refractivity contribution in [1.29, 1.82) is 0 Å². The van der Waals surface area contributed by atoms with Crippen molar-refractivity contribution in [1.82, 2.24) is 0 Å². The summed E-state index contributed by atoms with van der Waals surface area (Å²) >= 11 is 0. The topological polar surface area (TPSA) is 150 Å². The van der Waals surface area contributed by atoms with Crippen LogP contribution in [0.25, 0.3) is 0 Å². The van der Waals surface area contributed by atoms with Gasteiger partial charge in [0.25, 0.3) is 0 Å². The maximum Gasteiger partial charge on any atom is 0.513 e. The second kappa shape index (κ2) is 17.3. The first-order valence-electron chi connectivity index (χ1n) is 13.3. The van der Waals surface area contributed by atoms with Crippen LogP contribution >= 0.6 is 0 Å². The van der Waals surface area contributed by atoms with Gasteiger partial charge >= 0.3 is 24.2 Å². The van der Waals surface area contributed by atoms with Gasteiger partial charge in [0.2, 0.25) is 0 Å². The van der Waals surface area contributed by atoms with Crippen molar-refractivity contribution < 1.29 is 47.6 Å². The van der Waals surface area contributed by atoms with Crippen LogP contribution in [-0.4, -0.2) is 56.2 Å². The number of rotatable bonds is 15. The molecule has 0 fully saturated rings. The monoisotopic (exact) mass is 553 g/mol. The van der Waals surface area contributed by atoms with Crippen LogP contribution in [0.5, 0.6) is 11.5 Å². The second-order valence-electron chi connectivity index (χ2n) is 10.3. The number of ether oxygens (including phenoxy) is 6. The average molecular weight is 554 g/mol. The largest absolute Gasteiger partial charge is 0.513 e. The fraction of sp³-hybridized carbons (Fsp3) is 0.643. The quantitative estimate of drug-likeness (QED) is 0.181. The van der Waals surface area contributed by atoms with E-state index in [9.17, 15) is 19.2 Å². The van der Waals surface area contributed by atoms with E-state index in [4.69, 9.17) is 34.2 Å². The van der Waals surface area contributed by atoms with Gasteiger partial charge in [0.05, 0.1) is 19.1 Å². The fourth-order valence-corrected chi connectivity index (χ4v) is 3.10. The first-order chi connectivity index (χ1) is 18.3. The fourth-order valence-electron chi connectivity index (χ4n) is 3.10. The zero-order valence-corrected chi connectivity index (χ0v) is 24.0. The molecular weight excluding hydrogens is 510 g/mol. The molecule has 1 rings (SSSR count). The Labute approximate surface area is 230 Å². The molecule has 11 nitrogen and oxygen atoms in total. The number of esters is 2. The summed E-state index contributed by atoms with van der Waals surface area (Å²) < 4.78 is 31.1. The molecule has 0 aliphatic heterocycles. The summed E-state index contributed by atoms with van der Waals surface area (Å²) in [6.45, 7) is 13.0. The second-order valence-corrected chi connectivity index (χ2v) is 10.3. The van der Waals surface area contributed by atoms with Gasteiger partial charge in [-0.2, -0.15) is 0 Å². The predicted molar refractivity (Wildman–Crippen MR) is 142 cm³/mol. The molecule has 0 aliphatic rings. The van der Waals surface area contributed by atoms with E-state index in [-0.39, 0.29) is 61.5 Å². The summed E-state index contributed by atoms with van der Waals surface area (Å²) in [5, 5.41) is 0. The molecule has 0 amide bonds. The summed E-state index contributed by atoms with van der Waals surface area (Å²) in [7, 11) is 0. The summed E-state index contributed by atoms with van der Waals surface area (Å²) in [6.07, 6.45) is -1.05. The predicted octanol–water partition coefficient (Wildman–Crippen LogP) is 4.81. The van der Waals surface area contributed by atoms with E-state index in [1.165, 1.54) is 12.1 Å². The van der Waals surface area contributed by atoms with Gasteiger partial charge in [0, 0.05) is 0 Å². The highest BCUT2D eigenvalue weighted by Gasteiger charge is 2.23. The highest BCUT2D eigenvalue weighted by atomic mass is 16.7. The minimum atomic E-state index is -1.06. The molecule has 3 atom stereocenters. The Morgan fingerprint density at radius 3 is 1.87 bits per heavy atom. The molecule has 0 saturated heterocycles. The number of carbonyl (C=O) groups is 4. The SMILES string of the molecule is CCCC(C)C(=O)OC[C@H](C)OC(=O)[C@@H](N)Cc1ccc(OC(=O)OCC(C)C)c(OC(=O)OCC(C)C)c1. The zero-order chi connectivity index (χ0) is 29.5. The lowest BCUT2D eigenvalue weighted by Gasteiger charge is -2.18. The van der Waals surface area contributed by atoms with Gasteiger partial charge in [-0.25, -0.2) is 9.59 Å². The van der Waals surface area contributed by atoms with Gasteiger partial charge in [0.15, 0.2) is 11.5 Å². The Bertz CT molecular complexity index is 946. The molecule has 39 heavy (non-hydrogen) atoms. The van der Waals surface area contributed by atoms with E-state index >= 15 is 0 Å². The average Bonchev–Trinajstić information content (AvgIpc) is 2.86. The van der Waals surface area contributed by atoms with Gasteiger partial charge in [-0.3, -0.25) is 9.59 Å². The molecular formula is C28H43NO10. The van der Waals surface area contributed by atoms with Gasteiger partial charge in [-0.1, -0.05) is 54.0 Å². The molecule has 220 valence electrons. The van der Waals surface area contributed by atoms with Crippen LogP contribution in [0.1, 0.15) is 66.9 Å². The molecule has 0 aliphatic carbocycles. The Morgan fingerprint density at radius 1 is 0.769 bits per heavy atom. The lowest BCUT2D eigenvalue weighted by atomic mass is 10.1. The van der Waals surface area contributed by atoms with Crippen molar-refractivity contribution in [2.24, 2.45) is 23.5 Å². The summed E-state index contributed by atoms with van der Waals surface area (Å²) in [5.74, 6) is -1.27. The van der Waals surface area contributed by atoms with Gasteiger partial charge in [0.1, 0.15) is 18.8 Å². The molecule has 0 heterocycles. The van der Waals surface area contributed by atoms with Crippen LogP contribution < -0.4 is 15.2 Å². The lowest BCUT2D eigenvalue weighted by Crippen LogP contribution is -2.37. The van der Waals surface area contributed by atoms with Crippen LogP contribution in [0.4, 0.5) is 9.59 Å². The van der Waals surface area contributed by atoms with Crippen LogP contribution in [0.15, 0.2) is 18.2 Å². The smallest absolute Gasteiger partial charge is 0.462 e. The molecule has 0 saturated carbocycles. The van der Waals surface area contributed by atoms with E-state index < -0.39 is 30.4 Å². The zero-order valence-electron chi connectivity index (χ0n) is 24.0. The lowest BCUT2D eigenvalue weighted by molar-refractivity contribution is -0.161. The Morgan fingerprint density at radius 2 is 1.33 bits per heavy atom. The van der Waals surface area contributed by atoms with Crippen LogP contribution in [0.3, 0.4) is 0 Å². The van der Waals surface area contributed by atoms with Gasteiger partial charge in [-0.05, 0) is 49.3 Å². The van der Waals surface area contributed by atoms with E-state index in [0.29, 0.717) is 12.0 Å². The highest BCUT2D eigenvalue weighted by molar-refractivity contribution is 5.76. The number of benzene rings is 1. The van der Waals surface area contributed by atoms with Crippen LogP contribution in [0.2, 0.25) is 0 Å². The van der Waals surface area contributed by atoms with Gasteiger partial charge < -0.3 is 34.2 Å². The third-order valence-electron chi connectivity index (χ3n) is 5.12. The molecule has 0 aromatic heterocycles. The maximum absolute atomic E-state index is 12.5. The Kier molecular flexibility index (Phi) is 14.9. The minimum Gasteiger partial charge on any atom is -0.462 e. The first-order valence-corrected chi connectivity index (χ1v) is 13.3. The Balaban J connectivity index is 2.86. The molecule has 11 heteroatoms. The van der Waals surface area contributed by atoms with E-state index in [1.807, 2.05) is 34.6 Å². The highest BCUT2D eigenvalue weighted by Crippen LogP contribution is 2.30. The molecule has 1 aromatic carbocycles. The first kappa shape index (κ1) is 33.7. The molecule has 2 N–H and O–H groups in total. The summed E-state index contributed by atoms with van der Waals surface area (Å²) in [5.41, 5.74) is 6.54. The van der Waals surface area contributed by atoms with Crippen LogP contribution in [-0.2, 0) is 35.0 Å². The van der Waals surface area contributed by atoms with Crippen molar-refractivity contribution in [3.63, 3.8) is 0 Å². The number of nitrogens with two attached hydrogens (primary N) is 1. The summed E-state index contributed by atoms with van der Waals surface area (Å²) in [4.78, 5) is 48.7. The normalized spacial score (nSPS) is 13.3. The van der Waals surface area contributed by atoms with E-state index in [0.717, 1.165) is 6.42 Å². The van der Waals surface area contributed by atoms with Gasteiger partial charge in [-0.15, -0.1) is 0 Å².